The molecule has 0 radical (unpaired) electrons. The molecule has 52 heavy (non-hydrogen) atoms. The molecule has 1 aromatic heterocycles. The SMILES string of the molecule is C.CC1(C)c2ccccc2Cc2cc3sc4ccccc4c3cc21.Cc1ccccc1-c1ccc(Cc2ccccc2C(C)(C)O)cc1C.ClCCl. The number of halogens is 2. The van der Waals surface area contributed by atoms with Gasteiger partial charge in [-0.05, 0) is 120 Å². The highest BCUT2D eigenvalue weighted by molar-refractivity contribution is 7.25. The normalized spacial score (nSPS) is 12.8. The lowest BCUT2D eigenvalue weighted by Crippen LogP contribution is -2.26. The fourth-order valence-corrected chi connectivity index (χ4v) is 8.83. The second kappa shape index (κ2) is 16.4. The summed E-state index contributed by atoms with van der Waals surface area (Å²) in [4.78, 5) is 0. The van der Waals surface area contributed by atoms with Crippen LogP contribution in [0.5, 0.6) is 0 Å². The third kappa shape index (κ3) is 8.17. The number of fused-ring (bicyclic) bond motifs is 5. The van der Waals surface area contributed by atoms with Crippen molar-refractivity contribution in [3.8, 4) is 11.1 Å². The molecule has 268 valence electrons. The molecule has 0 saturated heterocycles. The zero-order chi connectivity index (χ0) is 36.3. The maximum Gasteiger partial charge on any atom is 0.0967 e. The molecule has 6 aromatic carbocycles. The summed E-state index contributed by atoms with van der Waals surface area (Å²) in [5, 5.41) is 13.4. The first-order chi connectivity index (χ1) is 24.4. The maximum absolute atomic E-state index is 10.4. The van der Waals surface area contributed by atoms with Gasteiger partial charge in [0, 0.05) is 25.6 Å². The van der Waals surface area contributed by atoms with Gasteiger partial charge in [-0.25, -0.2) is 0 Å². The molecule has 0 fully saturated rings. The van der Waals surface area contributed by atoms with E-state index in [1.165, 1.54) is 75.8 Å². The minimum Gasteiger partial charge on any atom is -0.386 e. The smallest absolute Gasteiger partial charge is 0.0967 e. The van der Waals surface area contributed by atoms with Crippen LogP contribution in [0.25, 0.3) is 31.3 Å². The van der Waals surface area contributed by atoms with E-state index in [0.717, 1.165) is 18.4 Å². The summed E-state index contributed by atoms with van der Waals surface area (Å²) in [6.07, 6.45) is 1.88. The molecule has 1 aliphatic carbocycles. The van der Waals surface area contributed by atoms with E-state index < -0.39 is 5.60 Å². The second-order valence-corrected chi connectivity index (χ2v) is 16.4. The molecule has 0 amide bonds. The van der Waals surface area contributed by atoms with Crippen LogP contribution in [0.1, 0.15) is 85.2 Å². The molecular weight excluding hydrogens is 696 g/mol. The van der Waals surface area contributed by atoms with Gasteiger partial charge in [0.2, 0.25) is 0 Å². The number of hydrogen-bond donors (Lipinski definition) is 1. The quantitative estimate of drug-likeness (QED) is 0.178. The molecule has 0 bridgehead atoms. The summed E-state index contributed by atoms with van der Waals surface area (Å²) in [6, 6.07) is 45.9. The zero-order valence-corrected chi connectivity index (χ0v) is 32.7. The van der Waals surface area contributed by atoms with Crippen LogP contribution in [0.4, 0.5) is 0 Å². The maximum atomic E-state index is 10.4. The first kappa shape index (κ1) is 39.3. The molecule has 0 aliphatic heterocycles. The molecule has 0 spiro atoms. The van der Waals surface area contributed by atoms with Gasteiger partial charge in [-0.1, -0.05) is 130 Å². The van der Waals surface area contributed by atoms with E-state index in [1.807, 2.05) is 43.4 Å². The summed E-state index contributed by atoms with van der Waals surface area (Å²) >= 11 is 11.4. The topological polar surface area (TPSA) is 20.2 Å². The Balaban J connectivity index is 0.000000184. The molecule has 1 aliphatic rings. The van der Waals surface area contributed by atoms with Gasteiger partial charge in [-0.3, -0.25) is 0 Å². The Labute approximate surface area is 324 Å². The van der Waals surface area contributed by atoms with Crippen molar-refractivity contribution in [1.29, 1.82) is 0 Å². The molecule has 4 heteroatoms. The largest absolute Gasteiger partial charge is 0.386 e. The Hall–Kier alpha value is -3.92. The Bertz CT molecular complexity index is 2310. The third-order valence-electron chi connectivity index (χ3n) is 10.1. The summed E-state index contributed by atoms with van der Waals surface area (Å²) in [7, 11) is 0. The highest BCUT2D eigenvalue weighted by Gasteiger charge is 2.32. The number of thiophene rings is 1. The molecule has 0 saturated carbocycles. The Morgan fingerprint density at radius 3 is 2.02 bits per heavy atom. The lowest BCUT2D eigenvalue weighted by atomic mass is 9.69. The van der Waals surface area contributed by atoms with Crippen LogP contribution in [0.2, 0.25) is 0 Å². The minimum absolute atomic E-state index is 0. The predicted octanol–water partition coefficient (Wildman–Crippen LogP) is 14.1. The van der Waals surface area contributed by atoms with E-state index in [0.29, 0.717) is 0 Å². The van der Waals surface area contributed by atoms with Gasteiger partial charge in [0.1, 0.15) is 0 Å². The van der Waals surface area contributed by atoms with Gasteiger partial charge in [-0.15, -0.1) is 34.5 Å². The van der Waals surface area contributed by atoms with Crippen LogP contribution in [-0.4, -0.2) is 10.4 Å². The summed E-state index contributed by atoms with van der Waals surface area (Å²) in [6.45, 7) is 12.8. The van der Waals surface area contributed by atoms with Crippen LogP contribution in [-0.2, 0) is 23.9 Å². The summed E-state index contributed by atoms with van der Waals surface area (Å²) in [5.74, 6) is 0. The highest BCUT2D eigenvalue weighted by Crippen LogP contribution is 2.45. The lowest BCUT2D eigenvalue weighted by molar-refractivity contribution is 0.0777. The Morgan fingerprint density at radius 2 is 1.29 bits per heavy atom. The highest BCUT2D eigenvalue weighted by atomic mass is 35.5. The molecular formula is C48H50Cl2OS. The average Bonchev–Trinajstić information content (AvgIpc) is 3.46. The molecule has 8 rings (SSSR count). The lowest BCUT2D eigenvalue weighted by Gasteiger charge is -2.35. The number of aryl methyl sites for hydroxylation is 2. The van der Waals surface area contributed by atoms with Crippen molar-refractivity contribution < 1.29 is 5.11 Å². The van der Waals surface area contributed by atoms with E-state index in [1.54, 1.807) is 0 Å². The molecule has 0 unspecified atom stereocenters. The van der Waals surface area contributed by atoms with E-state index >= 15 is 0 Å². The van der Waals surface area contributed by atoms with E-state index in [-0.39, 0.29) is 18.2 Å². The Morgan fingerprint density at radius 1 is 0.654 bits per heavy atom. The first-order valence-corrected chi connectivity index (χ1v) is 19.4. The van der Waals surface area contributed by atoms with Gasteiger partial charge >= 0.3 is 0 Å². The average molecular weight is 746 g/mol. The van der Waals surface area contributed by atoms with Crippen LogP contribution in [0, 0.1) is 13.8 Å². The summed E-state index contributed by atoms with van der Waals surface area (Å²) in [5.41, 5.74) is 13.8. The number of benzene rings is 6. The van der Waals surface area contributed by atoms with E-state index in [9.17, 15) is 5.11 Å². The van der Waals surface area contributed by atoms with Crippen molar-refractivity contribution in [2.24, 2.45) is 0 Å². The van der Waals surface area contributed by atoms with Crippen LogP contribution in [0.3, 0.4) is 0 Å². The first-order valence-electron chi connectivity index (χ1n) is 17.5. The van der Waals surface area contributed by atoms with Crippen LogP contribution < -0.4 is 0 Å². The predicted molar refractivity (Wildman–Crippen MR) is 230 cm³/mol. The van der Waals surface area contributed by atoms with Gasteiger partial charge in [0.05, 0.1) is 10.9 Å². The fourth-order valence-electron chi connectivity index (χ4n) is 7.68. The molecule has 0 atom stereocenters. The van der Waals surface area contributed by atoms with Crippen molar-refractivity contribution in [2.75, 3.05) is 5.34 Å². The number of rotatable bonds is 4. The molecule has 1 N–H and O–H groups in total. The van der Waals surface area contributed by atoms with Crippen molar-refractivity contribution in [3.63, 3.8) is 0 Å². The standard InChI is InChI=1S/C24H26O.C22H18S.CH2Cl2.CH4/c1-17-9-5-7-11-21(17)22-14-13-19(15-18(22)2)16-20-10-6-8-12-23(20)24(3,4)25;1-22(2)18-9-5-3-7-14(18)11-15-12-21-17(13-19(15)22)16-8-4-6-10-20(16)23-21;2-1-3;/h5-15,25H,16H2,1-4H3;3-10,12-13H,11H2,1-2H3;1H2;1H4. The van der Waals surface area contributed by atoms with Gasteiger partial charge in [0.15, 0.2) is 0 Å². The number of hydrogen-bond acceptors (Lipinski definition) is 2. The van der Waals surface area contributed by atoms with Crippen molar-refractivity contribution in [3.05, 3.63) is 177 Å². The van der Waals surface area contributed by atoms with E-state index in [4.69, 9.17) is 23.2 Å². The van der Waals surface area contributed by atoms with E-state index in [2.05, 4.69) is 137 Å². The van der Waals surface area contributed by atoms with Crippen molar-refractivity contribution in [1.82, 2.24) is 0 Å². The van der Waals surface area contributed by atoms with Gasteiger partial charge in [0.25, 0.3) is 0 Å². The van der Waals surface area contributed by atoms with Crippen molar-refractivity contribution >= 4 is 54.7 Å². The summed E-state index contributed by atoms with van der Waals surface area (Å²) < 4.78 is 2.81. The molecule has 1 nitrogen and oxygen atoms in total. The fraction of sp³-hybridized carbons (Fsp3) is 0.250. The third-order valence-corrected chi connectivity index (χ3v) is 11.3. The molecule has 1 heterocycles. The Kier molecular flexibility index (Phi) is 12.4. The monoisotopic (exact) mass is 744 g/mol. The second-order valence-electron chi connectivity index (χ2n) is 14.5. The van der Waals surface area contributed by atoms with Gasteiger partial charge < -0.3 is 5.11 Å². The van der Waals surface area contributed by atoms with Crippen LogP contribution >= 0.6 is 34.5 Å². The van der Waals surface area contributed by atoms with Gasteiger partial charge in [-0.2, -0.15) is 0 Å². The number of aliphatic hydroxyl groups is 1. The zero-order valence-electron chi connectivity index (χ0n) is 30.4. The van der Waals surface area contributed by atoms with Crippen molar-refractivity contribution in [2.45, 2.75) is 72.8 Å². The minimum atomic E-state index is -0.827. The van der Waals surface area contributed by atoms with Crippen LogP contribution in [0.15, 0.2) is 127 Å². The molecule has 7 aromatic rings. The number of alkyl halides is 2.